The van der Waals surface area contributed by atoms with Crippen LogP contribution in [0.25, 0.3) is 0 Å². The monoisotopic (exact) mass is 376 g/mol. The first kappa shape index (κ1) is 18.0. The predicted molar refractivity (Wildman–Crippen MR) is 106 cm³/mol. The zero-order valence-electron chi connectivity index (χ0n) is 15.3. The third-order valence-electron chi connectivity index (χ3n) is 4.95. The average molecular weight is 376 g/mol. The van der Waals surface area contributed by atoms with E-state index in [2.05, 4.69) is 0 Å². The van der Waals surface area contributed by atoms with Crippen molar-refractivity contribution in [3.63, 3.8) is 0 Å². The van der Waals surface area contributed by atoms with Crippen LogP contribution in [-0.4, -0.2) is 18.1 Å². The highest BCUT2D eigenvalue weighted by Crippen LogP contribution is 2.46. The standard InChI is InChI=1S/C22H20N2O4/c1-27-19-14-12-16(13-15-19)20-21(24(25)26)22(17-8-4-2-5-9-17)28-23(20)18-10-6-3-7-11-18/h2-15,20-22H,1H3/t20-,21-,22+/m1/s1. The Labute approximate surface area is 163 Å². The van der Waals surface area contributed by atoms with Crippen LogP contribution in [0.1, 0.15) is 23.3 Å². The molecule has 0 N–H and O–H groups in total. The van der Waals surface area contributed by atoms with E-state index in [4.69, 9.17) is 9.57 Å². The molecule has 0 bridgehead atoms. The number of methoxy groups -OCH3 is 1. The molecule has 1 fully saturated rings. The molecule has 0 unspecified atom stereocenters. The second-order valence-electron chi connectivity index (χ2n) is 6.59. The zero-order chi connectivity index (χ0) is 19.5. The van der Waals surface area contributed by atoms with E-state index < -0.39 is 18.2 Å². The van der Waals surface area contributed by atoms with Crippen molar-refractivity contribution in [2.45, 2.75) is 18.2 Å². The summed E-state index contributed by atoms with van der Waals surface area (Å²) in [5.74, 6) is 0.700. The first-order valence-electron chi connectivity index (χ1n) is 9.02. The van der Waals surface area contributed by atoms with Crippen molar-refractivity contribution in [1.29, 1.82) is 0 Å². The van der Waals surface area contributed by atoms with Crippen molar-refractivity contribution in [2.75, 3.05) is 12.2 Å². The molecule has 3 atom stereocenters. The summed E-state index contributed by atoms with van der Waals surface area (Å²) in [6.45, 7) is 0. The third kappa shape index (κ3) is 3.30. The van der Waals surface area contributed by atoms with Gasteiger partial charge in [0.05, 0.1) is 12.8 Å². The summed E-state index contributed by atoms with van der Waals surface area (Å²) in [6.07, 6.45) is -0.691. The Morgan fingerprint density at radius 2 is 1.50 bits per heavy atom. The molecule has 6 heteroatoms. The molecule has 3 aromatic rings. The summed E-state index contributed by atoms with van der Waals surface area (Å²) in [7, 11) is 1.59. The maximum atomic E-state index is 12.1. The number of nitrogens with zero attached hydrogens (tertiary/aromatic N) is 2. The lowest BCUT2D eigenvalue weighted by Crippen LogP contribution is -2.32. The van der Waals surface area contributed by atoms with Gasteiger partial charge in [0.2, 0.25) is 0 Å². The number of hydrogen-bond donors (Lipinski definition) is 0. The summed E-state index contributed by atoms with van der Waals surface area (Å²) < 4.78 is 5.23. The Hall–Kier alpha value is -3.38. The topological polar surface area (TPSA) is 64.8 Å². The Morgan fingerprint density at radius 1 is 0.893 bits per heavy atom. The minimum atomic E-state index is -0.962. The number of rotatable bonds is 5. The fraction of sp³-hybridized carbons (Fsp3) is 0.182. The van der Waals surface area contributed by atoms with Crippen molar-refractivity contribution in [1.82, 2.24) is 0 Å². The van der Waals surface area contributed by atoms with Gasteiger partial charge in [-0.15, -0.1) is 0 Å². The number of benzene rings is 3. The lowest BCUT2D eigenvalue weighted by atomic mass is 9.93. The molecule has 3 aromatic carbocycles. The zero-order valence-corrected chi connectivity index (χ0v) is 15.3. The molecule has 1 aliphatic heterocycles. The van der Waals surface area contributed by atoms with Gasteiger partial charge >= 0.3 is 0 Å². The molecule has 142 valence electrons. The van der Waals surface area contributed by atoms with E-state index in [1.807, 2.05) is 84.9 Å². The maximum Gasteiger partial charge on any atom is 0.272 e. The van der Waals surface area contributed by atoms with Crippen LogP contribution in [0.4, 0.5) is 5.69 Å². The minimum Gasteiger partial charge on any atom is -0.497 e. The van der Waals surface area contributed by atoms with Crippen molar-refractivity contribution in [3.05, 3.63) is 106 Å². The van der Waals surface area contributed by atoms with E-state index in [0.29, 0.717) is 5.75 Å². The molecule has 6 nitrogen and oxygen atoms in total. The first-order valence-corrected chi connectivity index (χ1v) is 9.02. The van der Waals surface area contributed by atoms with Gasteiger partial charge in [-0.3, -0.25) is 15.0 Å². The third-order valence-corrected chi connectivity index (χ3v) is 4.95. The Morgan fingerprint density at radius 3 is 2.07 bits per heavy atom. The van der Waals surface area contributed by atoms with Crippen LogP contribution in [0.3, 0.4) is 0 Å². The van der Waals surface area contributed by atoms with E-state index in [1.54, 1.807) is 12.2 Å². The molecule has 0 amide bonds. The lowest BCUT2D eigenvalue weighted by Gasteiger charge is -2.24. The average Bonchev–Trinajstić information content (AvgIpc) is 3.16. The number of ether oxygens (including phenoxy) is 1. The van der Waals surface area contributed by atoms with E-state index in [1.165, 1.54) is 0 Å². The first-order chi connectivity index (χ1) is 13.7. The Kier molecular flexibility index (Phi) is 4.95. The van der Waals surface area contributed by atoms with Gasteiger partial charge in [0.25, 0.3) is 6.04 Å². The molecule has 0 aliphatic carbocycles. The van der Waals surface area contributed by atoms with Crippen LogP contribution >= 0.6 is 0 Å². The summed E-state index contributed by atoms with van der Waals surface area (Å²) in [6, 6.07) is 24.6. The van der Waals surface area contributed by atoms with Gasteiger partial charge in [0, 0.05) is 4.92 Å². The highest BCUT2D eigenvalue weighted by atomic mass is 16.7. The number of hydrogen-bond acceptors (Lipinski definition) is 5. The van der Waals surface area contributed by atoms with Crippen molar-refractivity contribution in [3.8, 4) is 5.75 Å². The van der Waals surface area contributed by atoms with Crippen molar-refractivity contribution in [2.24, 2.45) is 0 Å². The van der Waals surface area contributed by atoms with Gasteiger partial charge in [-0.05, 0) is 35.4 Å². The Balaban J connectivity index is 1.82. The fourth-order valence-corrected chi connectivity index (χ4v) is 3.61. The molecular formula is C22H20N2O4. The van der Waals surface area contributed by atoms with Gasteiger partial charge in [-0.1, -0.05) is 60.7 Å². The van der Waals surface area contributed by atoms with Crippen LogP contribution in [0.2, 0.25) is 0 Å². The number of hydroxylamine groups is 1. The van der Waals surface area contributed by atoms with Crippen LogP contribution in [0.5, 0.6) is 5.75 Å². The molecule has 28 heavy (non-hydrogen) atoms. The predicted octanol–water partition coefficient (Wildman–Crippen LogP) is 4.57. The van der Waals surface area contributed by atoms with Crippen LogP contribution in [0, 0.1) is 10.1 Å². The van der Waals surface area contributed by atoms with E-state index in [-0.39, 0.29) is 4.92 Å². The quantitative estimate of drug-likeness (QED) is 0.482. The normalized spacial score (nSPS) is 21.5. The summed E-state index contributed by atoms with van der Waals surface area (Å²) in [4.78, 5) is 18.1. The number of nitro groups is 1. The van der Waals surface area contributed by atoms with Crippen molar-refractivity contribution < 1.29 is 14.5 Å². The minimum absolute atomic E-state index is 0.241. The van der Waals surface area contributed by atoms with Crippen LogP contribution in [0.15, 0.2) is 84.9 Å². The molecule has 0 aromatic heterocycles. The molecule has 1 saturated heterocycles. The van der Waals surface area contributed by atoms with Crippen LogP contribution < -0.4 is 9.80 Å². The lowest BCUT2D eigenvalue weighted by molar-refractivity contribution is -0.531. The fourth-order valence-electron chi connectivity index (χ4n) is 3.61. The SMILES string of the molecule is COc1ccc([C@@H]2[C@@H]([N+](=O)[O-])[C@H](c3ccccc3)ON2c2ccccc2)cc1. The summed E-state index contributed by atoms with van der Waals surface area (Å²) >= 11 is 0. The largest absolute Gasteiger partial charge is 0.497 e. The van der Waals surface area contributed by atoms with Gasteiger partial charge in [0.15, 0.2) is 12.1 Å². The van der Waals surface area contributed by atoms with Gasteiger partial charge in [-0.2, -0.15) is 0 Å². The number of anilines is 1. The molecule has 1 aliphatic rings. The van der Waals surface area contributed by atoms with Gasteiger partial charge in [0.1, 0.15) is 5.75 Å². The highest BCUT2D eigenvalue weighted by molar-refractivity contribution is 5.49. The highest BCUT2D eigenvalue weighted by Gasteiger charge is 2.53. The smallest absolute Gasteiger partial charge is 0.272 e. The maximum absolute atomic E-state index is 12.1. The molecule has 4 rings (SSSR count). The van der Waals surface area contributed by atoms with E-state index >= 15 is 0 Å². The molecule has 0 saturated carbocycles. The molecular weight excluding hydrogens is 356 g/mol. The molecule has 0 radical (unpaired) electrons. The van der Waals surface area contributed by atoms with E-state index in [9.17, 15) is 10.1 Å². The van der Waals surface area contributed by atoms with Gasteiger partial charge < -0.3 is 4.74 Å². The molecule has 1 heterocycles. The Bertz CT molecular complexity index is 932. The summed E-state index contributed by atoms with van der Waals surface area (Å²) in [5.41, 5.74) is 2.35. The number of para-hydroxylation sites is 1. The second kappa shape index (κ2) is 7.70. The summed E-state index contributed by atoms with van der Waals surface area (Å²) in [5, 5.41) is 13.8. The van der Waals surface area contributed by atoms with Gasteiger partial charge in [-0.25, -0.2) is 5.06 Å². The van der Waals surface area contributed by atoms with Crippen LogP contribution in [-0.2, 0) is 4.84 Å². The molecule has 0 spiro atoms. The van der Waals surface area contributed by atoms with Crippen molar-refractivity contribution >= 4 is 5.69 Å². The second-order valence-corrected chi connectivity index (χ2v) is 6.59. The van der Waals surface area contributed by atoms with E-state index in [0.717, 1.165) is 16.8 Å².